The van der Waals surface area contributed by atoms with Gasteiger partial charge in [-0.15, -0.1) is 0 Å². The van der Waals surface area contributed by atoms with Gasteiger partial charge in [-0.1, -0.05) is 44.3 Å². The van der Waals surface area contributed by atoms with Gasteiger partial charge in [0.2, 0.25) is 0 Å². The van der Waals surface area contributed by atoms with Crippen LogP contribution in [-0.2, 0) is 18.7 Å². The number of ether oxygens (including phenoxy) is 2. The van der Waals surface area contributed by atoms with E-state index in [1.54, 1.807) is 0 Å². The van der Waals surface area contributed by atoms with Crippen molar-refractivity contribution in [3.8, 4) is 0 Å². The Hall–Kier alpha value is -0.653. The molecule has 2 atom stereocenters. The van der Waals surface area contributed by atoms with Gasteiger partial charge in [-0.2, -0.15) is 0 Å². The van der Waals surface area contributed by atoms with E-state index in [4.69, 9.17) is 9.16 Å². The van der Waals surface area contributed by atoms with Crippen LogP contribution in [0.1, 0.15) is 77.0 Å². The second-order valence-electron chi connectivity index (χ2n) is 8.61. The van der Waals surface area contributed by atoms with Gasteiger partial charge < -0.3 is 13.9 Å². The first kappa shape index (κ1) is 24.4. The molecule has 5 heteroatoms. The maximum absolute atomic E-state index is 11.0. The lowest BCUT2D eigenvalue weighted by atomic mass is 10.1. The van der Waals surface area contributed by atoms with Crippen molar-refractivity contribution >= 4 is 14.3 Å². The van der Waals surface area contributed by atoms with Crippen molar-refractivity contribution < 1.29 is 18.7 Å². The SMILES string of the molecule is COC(=O)CCCCCCCC1OC1C/C=C\CCCCCO[Si](C)(C)C. The molecule has 1 heterocycles. The first-order valence-electron chi connectivity index (χ1n) is 10.9. The van der Waals surface area contributed by atoms with E-state index in [9.17, 15) is 4.79 Å². The molecule has 27 heavy (non-hydrogen) atoms. The largest absolute Gasteiger partial charge is 0.469 e. The van der Waals surface area contributed by atoms with Crippen LogP contribution in [0.2, 0.25) is 19.6 Å². The van der Waals surface area contributed by atoms with Gasteiger partial charge in [0, 0.05) is 13.0 Å². The van der Waals surface area contributed by atoms with E-state index in [2.05, 4.69) is 36.5 Å². The number of carbonyl (C=O) groups excluding carboxylic acids is 1. The Labute approximate surface area is 168 Å². The Kier molecular flexibility index (Phi) is 13.0. The normalized spacial score (nSPS) is 19.6. The van der Waals surface area contributed by atoms with E-state index in [0.717, 1.165) is 25.9 Å². The predicted molar refractivity (Wildman–Crippen MR) is 115 cm³/mol. The quantitative estimate of drug-likeness (QED) is 0.0988. The van der Waals surface area contributed by atoms with Crippen LogP contribution in [0.25, 0.3) is 0 Å². The minimum atomic E-state index is -1.32. The molecule has 0 aromatic carbocycles. The highest BCUT2D eigenvalue weighted by molar-refractivity contribution is 6.69. The van der Waals surface area contributed by atoms with E-state index in [1.165, 1.54) is 58.5 Å². The molecule has 0 radical (unpaired) electrons. The summed E-state index contributed by atoms with van der Waals surface area (Å²) in [5.41, 5.74) is 0. The summed E-state index contributed by atoms with van der Waals surface area (Å²) < 4.78 is 16.3. The molecule has 0 amide bonds. The van der Waals surface area contributed by atoms with Crippen LogP contribution in [0.15, 0.2) is 12.2 Å². The zero-order valence-corrected chi connectivity index (χ0v) is 19.1. The number of methoxy groups -OCH3 is 1. The van der Waals surface area contributed by atoms with E-state index >= 15 is 0 Å². The third-order valence-electron chi connectivity index (χ3n) is 4.87. The Morgan fingerprint density at radius 2 is 1.63 bits per heavy atom. The number of esters is 1. The molecule has 0 saturated carbocycles. The molecule has 1 saturated heterocycles. The highest BCUT2D eigenvalue weighted by Crippen LogP contribution is 2.30. The van der Waals surface area contributed by atoms with Gasteiger partial charge in [0.15, 0.2) is 8.32 Å². The van der Waals surface area contributed by atoms with Crippen molar-refractivity contribution in [2.75, 3.05) is 13.7 Å². The zero-order chi connectivity index (χ0) is 20.0. The number of unbranched alkanes of at least 4 members (excludes halogenated alkanes) is 7. The molecule has 1 aliphatic rings. The second kappa shape index (κ2) is 14.4. The monoisotopic (exact) mass is 398 g/mol. The molecule has 0 aliphatic carbocycles. The van der Waals surface area contributed by atoms with Crippen molar-refractivity contribution in [2.45, 2.75) is 109 Å². The molecule has 0 N–H and O–H groups in total. The fraction of sp³-hybridized carbons (Fsp3) is 0.864. The standard InChI is InChI=1S/C22H42O4Si/c1-24-22(23)18-14-10-7-9-13-17-21-20(26-21)16-12-8-5-6-11-15-19-25-27(2,3)4/h8,12,20-21H,5-7,9-11,13-19H2,1-4H3/b12-8-. The lowest BCUT2D eigenvalue weighted by Gasteiger charge is -2.16. The minimum Gasteiger partial charge on any atom is -0.469 e. The summed E-state index contributed by atoms with van der Waals surface area (Å²) in [6.07, 6.45) is 19.0. The molecule has 1 fully saturated rings. The Morgan fingerprint density at radius 3 is 2.37 bits per heavy atom. The van der Waals surface area contributed by atoms with Crippen molar-refractivity contribution in [3.05, 3.63) is 12.2 Å². The van der Waals surface area contributed by atoms with Crippen LogP contribution in [0.5, 0.6) is 0 Å². The zero-order valence-electron chi connectivity index (χ0n) is 18.1. The third kappa shape index (κ3) is 15.0. The van der Waals surface area contributed by atoms with Crippen molar-refractivity contribution in [2.24, 2.45) is 0 Å². The lowest BCUT2D eigenvalue weighted by Crippen LogP contribution is -2.25. The van der Waals surface area contributed by atoms with E-state index in [0.29, 0.717) is 18.6 Å². The summed E-state index contributed by atoms with van der Waals surface area (Å²) in [5.74, 6) is -0.0895. The van der Waals surface area contributed by atoms with E-state index in [-0.39, 0.29) is 5.97 Å². The molecule has 158 valence electrons. The van der Waals surface area contributed by atoms with Crippen molar-refractivity contribution in [1.29, 1.82) is 0 Å². The summed E-state index contributed by atoms with van der Waals surface area (Å²) in [5, 5.41) is 0. The van der Waals surface area contributed by atoms with Crippen molar-refractivity contribution in [3.63, 3.8) is 0 Å². The molecule has 0 aromatic heterocycles. The topological polar surface area (TPSA) is 48.1 Å². The van der Waals surface area contributed by atoms with Crippen LogP contribution in [0.4, 0.5) is 0 Å². The lowest BCUT2D eigenvalue weighted by molar-refractivity contribution is -0.140. The van der Waals surface area contributed by atoms with Gasteiger partial charge in [-0.3, -0.25) is 4.79 Å². The number of allylic oxidation sites excluding steroid dienone is 1. The molecule has 0 bridgehead atoms. The average Bonchev–Trinajstić information content (AvgIpc) is 3.36. The number of hydrogen-bond donors (Lipinski definition) is 0. The van der Waals surface area contributed by atoms with Crippen LogP contribution in [-0.4, -0.2) is 40.2 Å². The van der Waals surface area contributed by atoms with E-state index in [1.807, 2.05) is 0 Å². The Balaban J connectivity index is 1.82. The van der Waals surface area contributed by atoms with Crippen LogP contribution in [0, 0.1) is 0 Å². The fourth-order valence-electron chi connectivity index (χ4n) is 3.16. The van der Waals surface area contributed by atoms with Crippen LogP contribution < -0.4 is 0 Å². The molecular weight excluding hydrogens is 356 g/mol. The van der Waals surface area contributed by atoms with Gasteiger partial charge in [0.25, 0.3) is 0 Å². The predicted octanol–water partition coefficient (Wildman–Crippen LogP) is 6.02. The Morgan fingerprint density at radius 1 is 0.926 bits per heavy atom. The number of carbonyl (C=O) groups is 1. The summed E-state index contributed by atoms with van der Waals surface area (Å²) >= 11 is 0. The summed E-state index contributed by atoms with van der Waals surface area (Å²) in [4.78, 5) is 11.0. The Bertz CT molecular complexity index is 417. The second-order valence-corrected chi connectivity index (χ2v) is 13.1. The highest BCUT2D eigenvalue weighted by atomic mass is 28.4. The molecule has 2 unspecified atom stereocenters. The smallest absolute Gasteiger partial charge is 0.305 e. The highest BCUT2D eigenvalue weighted by Gasteiger charge is 2.36. The van der Waals surface area contributed by atoms with Crippen LogP contribution in [0.3, 0.4) is 0 Å². The fourth-order valence-corrected chi connectivity index (χ4v) is 3.91. The molecule has 4 nitrogen and oxygen atoms in total. The van der Waals surface area contributed by atoms with Gasteiger partial charge in [-0.25, -0.2) is 0 Å². The summed E-state index contributed by atoms with van der Waals surface area (Å²) in [6, 6.07) is 0. The molecular formula is C22H42O4Si. The molecule has 1 aliphatic heterocycles. The van der Waals surface area contributed by atoms with Gasteiger partial charge in [0.05, 0.1) is 19.3 Å². The first-order valence-corrected chi connectivity index (χ1v) is 14.3. The van der Waals surface area contributed by atoms with E-state index < -0.39 is 8.32 Å². The number of epoxide rings is 1. The van der Waals surface area contributed by atoms with Gasteiger partial charge in [-0.05, 0) is 58.2 Å². The number of rotatable bonds is 17. The first-order chi connectivity index (χ1) is 12.9. The molecule has 0 aromatic rings. The maximum Gasteiger partial charge on any atom is 0.305 e. The third-order valence-corrected chi connectivity index (χ3v) is 5.94. The maximum atomic E-state index is 11.0. The van der Waals surface area contributed by atoms with Gasteiger partial charge >= 0.3 is 5.97 Å². The summed E-state index contributed by atoms with van der Waals surface area (Å²) in [6.45, 7) is 7.67. The minimum absolute atomic E-state index is 0.0895. The average molecular weight is 399 g/mol. The molecule has 1 rings (SSSR count). The molecule has 0 spiro atoms. The van der Waals surface area contributed by atoms with Crippen molar-refractivity contribution in [1.82, 2.24) is 0 Å². The number of hydrogen-bond acceptors (Lipinski definition) is 4. The van der Waals surface area contributed by atoms with Crippen LogP contribution >= 0.6 is 0 Å². The van der Waals surface area contributed by atoms with Gasteiger partial charge in [0.1, 0.15) is 0 Å². The summed E-state index contributed by atoms with van der Waals surface area (Å²) in [7, 11) is 0.134.